The number of urea groups is 1. The zero-order valence-electron chi connectivity index (χ0n) is 13.6. The molecule has 0 fully saturated rings. The molecule has 3 aromatic rings. The van der Waals surface area contributed by atoms with Gasteiger partial charge in [0, 0.05) is 17.0 Å². The van der Waals surface area contributed by atoms with E-state index in [2.05, 4.69) is 10.6 Å². The van der Waals surface area contributed by atoms with Crippen LogP contribution in [0.15, 0.2) is 72.8 Å². The number of amides is 2. The Hall–Kier alpha value is -2.92. The first-order chi connectivity index (χ1) is 12.2. The average Bonchev–Trinajstić information content (AvgIpc) is 3.14. The highest BCUT2D eigenvalue weighted by Gasteiger charge is 2.11. The second kappa shape index (κ2) is 8.26. The third-order valence-electron chi connectivity index (χ3n) is 3.64. The minimum absolute atomic E-state index is 0.00498. The lowest BCUT2D eigenvalue weighted by Gasteiger charge is -2.06. The van der Waals surface area contributed by atoms with Gasteiger partial charge in [0.15, 0.2) is 0 Å². The van der Waals surface area contributed by atoms with E-state index in [0.29, 0.717) is 23.5 Å². The van der Waals surface area contributed by atoms with Crippen molar-refractivity contribution in [3.05, 3.63) is 93.7 Å². The summed E-state index contributed by atoms with van der Waals surface area (Å²) in [5, 5.41) is 5.62. The molecular weight excluding hydrogens is 332 g/mol. The van der Waals surface area contributed by atoms with Gasteiger partial charge >= 0.3 is 6.03 Å². The van der Waals surface area contributed by atoms with Gasteiger partial charge in [0.25, 0.3) is 0 Å². The Balaban J connectivity index is 1.50. The van der Waals surface area contributed by atoms with Crippen molar-refractivity contribution in [2.75, 3.05) is 0 Å². The summed E-state index contributed by atoms with van der Waals surface area (Å²) in [4.78, 5) is 25.8. The van der Waals surface area contributed by atoms with E-state index in [-0.39, 0.29) is 11.8 Å². The van der Waals surface area contributed by atoms with Crippen LogP contribution in [0.3, 0.4) is 0 Å². The summed E-state index contributed by atoms with van der Waals surface area (Å²) in [5.74, 6) is 0.00498. The topological polar surface area (TPSA) is 58.2 Å². The highest BCUT2D eigenvalue weighted by atomic mass is 32.1. The first kappa shape index (κ1) is 16.9. The maximum Gasteiger partial charge on any atom is 0.315 e. The summed E-state index contributed by atoms with van der Waals surface area (Å²) in [6, 6.07) is 22.4. The molecule has 4 nitrogen and oxygen atoms in total. The van der Waals surface area contributed by atoms with Crippen LogP contribution in [0.25, 0.3) is 0 Å². The van der Waals surface area contributed by atoms with Crippen molar-refractivity contribution in [2.45, 2.75) is 13.1 Å². The molecule has 5 heteroatoms. The molecule has 2 amide bonds. The quantitative estimate of drug-likeness (QED) is 0.661. The molecule has 0 atom stereocenters. The number of nitrogens with one attached hydrogen (secondary N) is 2. The molecule has 1 heterocycles. The lowest BCUT2D eigenvalue weighted by atomic mass is 10.1. The first-order valence-corrected chi connectivity index (χ1v) is 8.78. The Labute approximate surface area is 150 Å². The van der Waals surface area contributed by atoms with Crippen molar-refractivity contribution < 1.29 is 9.59 Å². The number of hydrogen-bond acceptors (Lipinski definition) is 3. The van der Waals surface area contributed by atoms with Crippen LogP contribution in [0.2, 0.25) is 0 Å². The summed E-state index contributed by atoms with van der Waals surface area (Å²) >= 11 is 1.40. The predicted octanol–water partition coefficient (Wildman–Crippen LogP) is 3.98. The Kier molecular flexibility index (Phi) is 5.59. The van der Waals surface area contributed by atoms with Crippen LogP contribution in [0.4, 0.5) is 4.79 Å². The molecule has 3 rings (SSSR count). The molecule has 126 valence electrons. The van der Waals surface area contributed by atoms with Gasteiger partial charge in [-0.2, -0.15) is 0 Å². The zero-order valence-corrected chi connectivity index (χ0v) is 14.4. The number of ketones is 1. The second-order valence-electron chi connectivity index (χ2n) is 5.48. The minimum atomic E-state index is -0.229. The maximum absolute atomic E-state index is 12.4. The largest absolute Gasteiger partial charge is 0.334 e. The molecule has 25 heavy (non-hydrogen) atoms. The number of carbonyl (C=O) groups is 2. The van der Waals surface area contributed by atoms with Crippen molar-refractivity contribution in [1.82, 2.24) is 10.6 Å². The van der Waals surface area contributed by atoms with E-state index < -0.39 is 0 Å². The molecule has 0 saturated heterocycles. The molecule has 0 aliphatic carbocycles. The summed E-state index contributed by atoms with van der Waals surface area (Å²) in [6.07, 6.45) is 0. The van der Waals surface area contributed by atoms with Gasteiger partial charge in [0.2, 0.25) is 5.78 Å². The lowest BCUT2D eigenvalue weighted by Crippen LogP contribution is -2.34. The Morgan fingerprint density at radius 3 is 2.12 bits per heavy atom. The molecule has 1 aromatic heterocycles. The number of thiophene rings is 1. The fourth-order valence-electron chi connectivity index (χ4n) is 2.33. The standard InChI is InChI=1S/C20H18N2O2S/c23-19(16-9-5-2-6-10-16)18-12-11-17(25-18)14-22-20(24)21-13-15-7-3-1-4-8-15/h1-12H,13-14H2,(H2,21,22,24). The van der Waals surface area contributed by atoms with E-state index in [1.54, 1.807) is 18.2 Å². The summed E-state index contributed by atoms with van der Waals surface area (Å²) in [5.41, 5.74) is 1.72. The van der Waals surface area contributed by atoms with Gasteiger partial charge in [-0.25, -0.2) is 4.79 Å². The monoisotopic (exact) mass is 350 g/mol. The number of hydrogen-bond donors (Lipinski definition) is 2. The highest BCUT2D eigenvalue weighted by Crippen LogP contribution is 2.20. The Morgan fingerprint density at radius 1 is 0.760 bits per heavy atom. The maximum atomic E-state index is 12.4. The Morgan fingerprint density at radius 2 is 1.40 bits per heavy atom. The fraction of sp³-hybridized carbons (Fsp3) is 0.100. The third-order valence-corrected chi connectivity index (χ3v) is 4.72. The van der Waals surface area contributed by atoms with Crippen LogP contribution in [-0.4, -0.2) is 11.8 Å². The van der Waals surface area contributed by atoms with Gasteiger partial charge in [0.1, 0.15) is 0 Å². The van der Waals surface area contributed by atoms with Gasteiger partial charge in [-0.3, -0.25) is 4.79 Å². The summed E-state index contributed by atoms with van der Waals surface area (Å²) < 4.78 is 0. The molecule has 2 N–H and O–H groups in total. The molecule has 0 bridgehead atoms. The van der Waals surface area contributed by atoms with Crippen LogP contribution >= 0.6 is 11.3 Å². The second-order valence-corrected chi connectivity index (χ2v) is 6.65. The van der Waals surface area contributed by atoms with Crippen LogP contribution in [-0.2, 0) is 13.1 Å². The smallest absolute Gasteiger partial charge is 0.315 e. The number of benzene rings is 2. The van der Waals surface area contributed by atoms with Crippen molar-refractivity contribution in [3.63, 3.8) is 0 Å². The van der Waals surface area contributed by atoms with Crippen LogP contribution in [0.1, 0.15) is 25.7 Å². The molecule has 2 aromatic carbocycles. The van der Waals surface area contributed by atoms with Crippen LogP contribution in [0, 0.1) is 0 Å². The fourth-order valence-corrected chi connectivity index (χ4v) is 3.24. The minimum Gasteiger partial charge on any atom is -0.334 e. The van der Waals surface area contributed by atoms with Gasteiger partial charge < -0.3 is 10.6 Å². The molecule has 0 spiro atoms. The SMILES string of the molecule is O=C(NCc1ccccc1)NCc1ccc(C(=O)c2ccccc2)s1. The van der Waals surface area contributed by atoms with Gasteiger partial charge in [-0.1, -0.05) is 60.7 Å². The molecule has 0 aliphatic rings. The lowest BCUT2D eigenvalue weighted by molar-refractivity contribution is 0.104. The third kappa shape index (κ3) is 4.78. The first-order valence-electron chi connectivity index (χ1n) is 7.96. The van der Waals surface area contributed by atoms with Gasteiger partial charge in [0.05, 0.1) is 11.4 Å². The van der Waals surface area contributed by atoms with Gasteiger partial charge in [-0.05, 0) is 17.7 Å². The average molecular weight is 350 g/mol. The van der Waals surface area contributed by atoms with E-state index in [0.717, 1.165) is 10.4 Å². The summed E-state index contributed by atoms with van der Waals surface area (Å²) in [6.45, 7) is 0.877. The molecule has 0 radical (unpaired) electrons. The van der Waals surface area contributed by atoms with Gasteiger partial charge in [-0.15, -0.1) is 11.3 Å². The Bertz CT molecular complexity index is 844. The molecular formula is C20H18N2O2S. The number of rotatable bonds is 6. The van der Waals surface area contributed by atoms with E-state index in [1.165, 1.54) is 11.3 Å². The molecule has 0 unspecified atom stereocenters. The van der Waals surface area contributed by atoms with E-state index in [1.807, 2.05) is 54.6 Å². The molecule has 0 aliphatic heterocycles. The summed E-state index contributed by atoms with van der Waals surface area (Å²) in [7, 11) is 0. The predicted molar refractivity (Wildman–Crippen MR) is 99.7 cm³/mol. The highest BCUT2D eigenvalue weighted by molar-refractivity contribution is 7.14. The van der Waals surface area contributed by atoms with Crippen LogP contribution in [0.5, 0.6) is 0 Å². The van der Waals surface area contributed by atoms with Crippen molar-refractivity contribution in [1.29, 1.82) is 0 Å². The normalized spacial score (nSPS) is 10.2. The number of carbonyl (C=O) groups excluding carboxylic acids is 2. The van der Waals surface area contributed by atoms with Crippen molar-refractivity contribution >= 4 is 23.2 Å². The molecule has 0 saturated carbocycles. The van der Waals surface area contributed by atoms with Crippen molar-refractivity contribution in [2.24, 2.45) is 0 Å². The van der Waals surface area contributed by atoms with Crippen LogP contribution < -0.4 is 10.6 Å². The van der Waals surface area contributed by atoms with E-state index in [4.69, 9.17) is 0 Å². The van der Waals surface area contributed by atoms with E-state index >= 15 is 0 Å². The zero-order chi connectivity index (χ0) is 17.5. The van der Waals surface area contributed by atoms with E-state index in [9.17, 15) is 9.59 Å². The van der Waals surface area contributed by atoms with Crippen molar-refractivity contribution in [3.8, 4) is 0 Å².